The Kier molecular flexibility index (Phi) is 5.52. The van der Waals surface area contributed by atoms with Gasteiger partial charge in [0.05, 0.1) is 11.6 Å². The highest BCUT2D eigenvalue weighted by atomic mass is 19.1. The minimum absolute atomic E-state index is 0.0590. The fourth-order valence-electron chi connectivity index (χ4n) is 4.66. The summed E-state index contributed by atoms with van der Waals surface area (Å²) in [7, 11) is 0. The number of hydrogen-bond donors (Lipinski definition) is 1. The molecule has 1 N–H and O–H groups in total. The third-order valence-electron chi connectivity index (χ3n) is 6.66. The van der Waals surface area contributed by atoms with Crippen LogP contribution in [0, 0.1) is 41.7 Å². The molecule has 2 aliphatic rings. The van der Waals surface area contributed by atoms with Gasteiger partial charge in [-0.25, -0.2) is 23.2 Å². The third kappa shape index (κ3) is 4.00. The molecule has 0 unspecified atom stereocenters. The quantitative estimate of drug-likeness (QED) is 0.627. The van der Waals surface area contributed by atoms with Crippen LogP contribution in [0.5, 0.6) is 0 Å². The molecule has 34 heavy (non-hydrogen) atoms. The first-order valence-corrected chi connectivity index (χ1v) is 11.3. The molecule has 2 heterocycles. The summed E-state index contributed by atoms with van der Waals surface area (Å²) < 4.78 is 31.3. The fourth-order valence-corrected chi connectivity index (χ4v) is 4.66. The van der Waals surface area contributed by atoms with Gasteiger partial charge < -0.3 is 4.90 Å². The van der Waals surface area contributed by atoms with Crippen molar-refractivity contribution in [1.82, 2.24) is 19.7 Å². The van der Waals surface area contributed by atoms with Crippen LogP contribution in [0.1, 0.15) is 36.2 Å². The van der Waals surface area contributed by atoms with Crippen LogP contribution in [-0.4, -0.2) is 38.7 Å². The number of hydrogen-bond acceptors (Lipinski definition) is 4. The van der Waals surface area contributed by atoms with Gasteiger partial charge in [0.15, 0.2) is 11.6 Å². The van der Waals surface area contributed by atoms with E-state index >= 15 is 8.78 Å². The molecular formula is C25H23F2N5O2. The van der Waals surface area contributed by atoms with E-state index in [0.717, 1.165) is 23.8 Å². The number of H-pyrrole nitrogens is 1. The average molecular weight is 463 g/mol. The van der Waals surface area contributed by atoms with Gasteiger partial charge in [-0.3, -0.25) is 4.79 Å². The van der Waals surface area contributed by atoms with E-state index in [-0.39, 0.29) is 23.6 Å². The number of nitrogens with one attached hydrogen (secondary N) is 1. The molecule has 1 aliphatic heterocycles. The zero-order valence-corrected chi connectivity index (χ0v) is 18.6. The Morgan fingerprint density at radius 1 is 1.18 bits per heavy atom. The second kappa shape index (κ2) is 8.52. The van der Waals surface area contributed by atoms with E-state index in [1.807, 2.05) is 4.90 Å². The van der Waals surface area contributed by atoms with Gasteiger partial charge in [-0.1, -0.05) is 12.1 Å². The van der Waals surface area contributed by atoms with Crippen LogP contribution in [0.2, 0.25) is 0 Å². The van der Waals surface area contributed by atoms with Gasteiger partial charge in [-0.05, 0) is 67.0 Å². The van der Waals surface area contributed by atoms with E-state index in [4.69, 9.17) is 5.26 Å². The Balaban J connectivity index is 1.43. The van der Waals surface area contributed by atoms with Gasteiger partial charge in [-0.15, -0.1) is 0 Å². The number of rotatable bonds is 5. The first-order chi connectivity index (χ1) is 16.4. The van der Waals surface area contributed by atoms with Gasteiger partial charge >= 0.3 is 5.69 Å². The van der Waals surface area contributed by atoms with Crippen LogP contribution in [0.15, 0.2) is 35.1 Å². The second-order valence-electron chi connectivity index (χ2n) is 9.13. The first kappa shape index (κ1) is 22.0. The lowest BCUT2D eigenvalue weighted by atomic mass is 9.99. The van der Waals surface area contributed by atoms with Crippen LogP contribution >= 0.6 is 0 Å². The van der Waals surface area contributed by atoms with E-state index in [1.54, 1.807) is 25.1 Å². The van der Waals surface area contributed by atoms with Crippen molar-refractivity contribution in [3.05, 3.63) is 69.4 Å². The monoisotopic (exact) mass is 463 g/mol. The Morgan fingerprint density at radius 3 is 2.56 bits per heavy atom. The molecule has 1 aliphatic carbocycles. The van der Waals surface area contributed by atoms with Crippen LogP contribution in [-0.2, 0) is 11.2 Å². The fraction of sp³-hybridized carbons (Fsp3) is 0.360. The van der Waals surface area contributed by atoms with Crippen molar-refractivity contribution in [2.45, 2.75) is 32.6 Å². The van der Waals surface area contributed by atoms with Gasteiger partial charge in [0, 0.05) is 25.4 Å². The lowest BCUT2D eigenvalue weighted by Crippen LogP contribution is -2.30. The molecule has 7 nitrogen and oxygen atoms in total. The van der Waals surface area contributed by atoms with Gasteiger partial charge in [0.2, 0.25) is 5.91 Å². The standard InChI is InChI=1S/C25H23F2N5O2/c1-14-8-17(4-5-18(14)12-28)19-10-20(26)23(21(27)11-19)32-22(29-30-25(32)34)9-15-6-7-31(13-15)24(33)16-2-3-16/h4-5,8,10-11,15-16H,2-3,6-7,9,13H2,1H3,(H,30,34)/t15-/m0/s1. The van der Waals surface area contributed by atoms with Crippen molar-refractivity contribution in [3.63, 3.8) is 0 Å². The highest BCUT2D eigenvalue weighted by molar-refractivity contribution is 5.81. The number of benzene rings is 2. The summed E-state index contributed by atoms with van der Waals surface area (Å²) >= 11 is 0. The number of aromatic nitrogens is 3. The van der Waals surface area contributed by atoms with Crippen LogP contribution in [0.25, 0.3) is 16.8 Å². The molecule has 0 bridgehead atoms. The summed E-state index contributed by atoms with van der Waals surface area (Å²) in [4.78, 5) is 26.6. The number of nitrogens with zero attached hydrogens (tertiary/aromatic N) is 4. The first-order valence-electron chi connectivity index (χ1n) is 11.3. The lowest BCUT2D eigenvalue weighted by Gasteiger charge is -2.16. The highest BCUT2D eigenvalue weighted by Crippen LogP contribution is 2.33. The van der Waals surface area contributed by atoms with E-state index < -0.39 is 23.0 Å². The molecular weight excluding hydrogens is 440 g/mol. The minimum Gasteiger partial charge on any atom is -0.342 e. The number of amides is 1. The van der Waals surface area contributed by atoms with Crippen molar-refractivity contribution < 1.29 is 13.6 Å². The van der Waals surface area contributed by atoms with Gasteiger partial charge in [-0.2, -0.15) is 10.4 Å². The Morgan fingerprint density at radius 2 is 1.91 bits per heavy atom. The smallest absolute Gasteiger partial charge is 0.342 e. The predicted octanol–water partition coefficient (Wildman–Crippen LogP) is 3.49. The molecule has 1 amide bonds. The molecule has 2 fully saturated rings. The number of halogens is 2. The van der Waals surface area contributed by atoms with E-state index in [9.17, 15) is 9.59 Å². The zero-order valence-electron chi connectivity index (χ0n) is 18.6. The van der Waals surface area contributed by atoms with Crippen molar-refractivity contribution >= 4 is 5.91 Å². The summed E-state index contributed by atoms with van der Waals surface area (Å²) in [6.07, 6.45) is 2.95. The van der Waals surface area contributed by atoms with Gasteiger partial charge in [0.25, 0.3) is 0 Å². The van der Waals surface area contributed by atoms with Crippen molar-refractivity contribution in [3.8, 4) is 22.9 Å². The molecule has 174 valence electrons. The van der Waals surface area contributed by atoms with E-state index in [1.165, 1.54) is 12.1 Å². The number of carbonyl (C=O) groups excluding carboxylic acids is 1. The summed E-state index contributed by atoms with van der Waals surface area (Å²) in [5.74, 6) is -1.17. The molecule has 1 saturated heterocycles. The highest BCUT2D eigenvalue weighted by Gasteiger charge is 2.37. The molecule has 1 atom stereocenters. The number of carbonyl (C=O) groups is 1. The van der Waals surface area contributed by atoms with Crippen LogP contribution in [0.4, 0.5) is 8.78 Å². The molecule has 1 aromatic heterocycles. The molecule has 0 radical (unpaired) electrons. The van der Waals surface area contributed by atoms with E-state index in [2.05, 4.69) is 16.3 Å². The number of nitriles is 1. The molecule has 1 saturated carbocycles. The van der Waals surface area contributed by atoms with Crippen molar-refractivity contribution in [1.29, 1.82) is 5.26 Å². The predicted molar refractivity (Wildman–Crippen MR) is 120 cm³/mol. The molecule has 0 spiro atoms. The maximum Gasteiger partial charge on any atom is 0.348 e. The summed E-state index contributed by atoms with van der Waals surface area (Å²) in [6, 6.07) is 9.34. The SMILES string of the molecule is Cc1cc(-c2cc(F)c(-n3c(C[C@@H]4CCN(C(=O)C5CC5)C4)n[nH]c3=O)c(F)c2)ccc1C#N. The normalized spacial score (nSPS) is 17.7. The molecule has 3 aromatic rings. The largest absolute Gasteiger partial charge is 0.348 e. The van der Waals surface area contributed by atoms with Gasteiger partial charge in [0.1, 0.15) is 11.5 Å². The van der Waals surface area contributed by atoms with Crippen molar-refractivity contribution in [2.24, 2.45) is 11.8 Å². The zero-order chi connectivity index (χ0) is 24.0. The third-order valence-corrected chi connectivity index (χ3v) is 6.66. The number of likely N-dealkylation sites (tertiary alicyclic amines) is 1. The lowest BCUT2D eigenvalue weighted by molar-refractivity contribution is -0.131. The average Bonchev–Trinajstić information content (AvgIpc) is 3.47. The second-order valence-corrected chi connectivity index (χ2v) is 9.13. The minimum atomic E-state index is -0.890. The molecule has 2 aromatic carbocycles. The number of aryl methyl sites for hydroxylation is 1. The molecule has 9 heteroatoms. The Labute approximate surface area is 194 Å². The topological polar surface area (TPSA) is 94.8 Å². The summed E-state index contributed by atoms with van der Waals surface area (Å²) in [6.45, 7) is 2.96. The van der Waals surface area contributed by atoms with Crippen LogP contribution in [0.3, 0.4) is 0 Å². The Hall–Kier alpha value is -3.80. The summed E-state index contributed by atoms with van der Waals surface area (Å²) in [5, 5.41) is 15.4. The van der Waals surface area contributed by atoms with Crippen molar-refractivity contribution in [2.75, 3.05) is 13.1 Å². The summed E-state index contributed by atoms with van der Waals surface area (Å²) in [5.41, 5.74) is 0.844. The van der Waals surface area contributed by atoms with Crippen LogP contribution < -0.4 is 5.69 Å². The van der Waals surface area contributed by atoms with E-state index in [0.29, 0.717) is 41.8 Å². The maximum absolute atomic E-state index is 15.2. The number of aromatic amines is 1. The Bertz CT molecular complexity index is 1360. The maximum atomic E-state index is 15.2. The molecule has 5 rings (SSSR count).